The predicted octanol–water partition coefficient (Wildman–Crippen LogP) is 4.52. The summed E-state index contributed by atoms with van der Waals surface area (Å²) in [7, 11) is 1.44. The van der Waals surface area contributed by atoms with Crippen molar-refractivity contribution < 1.29 is 37.1 Å². The smallest absolute Gasteiger partial charge is 0.450 e. The van der Waals surface area contributed by atoms with Crippen LogP contribution in [0.5, 0.6) is 5.75 Å². The molecule has 1 aromatic carbocycles. The Balaban J connectivity index is 2.27. The molecular formula is C26H29F3N2O5. The number of pyridine rings is 1. The van der Waals surface area contributed by atoms with Crippen LogP contribution in [0, 0.1) is 17.8 Å². The molecule has 0 saturated carbocycles. The third-order valence-corrected chi connectivity index (χ3v) is 5.79. The monoisotopic (exact) mass is 506 g/mol. The highest BCUT2D eigenvalue weighted by Gasteiger charge is 2.45. The van der Waals surface area contributed by atoms with Gasteiger partial charge in [0.15, 0.2) is 11.6 Å². The number of Topliss-reactive ketones (excluding diaryl/α,β-unsaturated/α-hetero) is 3. The van der Waals surface area contributed by atoms with Crippen molar-refractivity contribution in [2.75, 3.05) is 7.11 Å². The molecule has 0 spiro atoms. The summed E-state index contributed by atoms with van der Waals surface area (Å²) < 4.78 is 44.4. The van der Waals surface area contributed by atoms with E-state index in [4.69, 9.17) is 4.74 Å². The van der Waals surface area contributed by atoms with E-state index in [1.807, 2.05) is 0 Å². The maximum atomic E-state index is 13.2. The number of carbonyl (C=O) groups excluding carboxylic acids is 4. The van der Waals surface area contributed by atoms with Crippen molar-refractivity contribution in [3.63, 3.8) is 0 Å². The van der Waals surface area contributed by atoms with Gasteiger partial charge < -0.3 is 10.1 Å². The van der Waals surface area contributed by atoms with Gasteiger partial charge in [-0.2, -0.15) is 13.2 Å². The van der Waals surface area contributed by atoms with E-state index in [2.05, 4.69) is 10.3 Å². The topological polar surface area (TPSA) is 102 Å². The molecule has 0 aliphatic heterocycles. The molecule has 10 heteroatoms. The lowest BCUT2D eigenvalue weighted by molar-refractivity contribution is -0.177. The van der Waals surface area contributed by atoms with Gasteiger partial charge in [0.1, 0.15) is 17.5 Å². The second-order valence-electron chi connectivity index (χ2n) is 8.84. The first kappa shape index (κ1) is 28.7. The maximum absolute atomic E-state index is 13.2. The van der Waals surface area contributed by atoms with E-state index < -0.39 is 53.9 Å². The minimum Gasteiger partial charge on any atom is -0.497 e. The molecular weight excluding hydrogens is 477 g/mol. The van der Waals surface area contributed by atoms with E-state index in [-0.39, 0.29) is 17.9 Å². The minimum atomic E-state index is -5.09. The Kier molecular flexibility index (Phi) is 9.89. The molecule has 2 rings (SSSR count). The minimum absolute atomic E-state index is 0.186. The van der Waals surface area contributed by atoms with Crippen molar-refractivity contribution in [3.8, 4) is 5.75 Å². The number of ether oxygens (including phenoxy) is 1. The fraction of sp³-hybridized carbons (Fsp3) is 0.423. The summed E-state index contributed by atoms with van der Waals surface area (Å²) in [5, 5.41) is 2.55. The molecule has 7 nitrogen and oxygen atoms in total. The lowest BCUT2D eigenvalue weighted by Crippen LogP contribution is -2.40. The van der Waals surface area contributed by atoms with Gasteiger partial charge in [-0.15, -0.1) is 0 Å². The van der Waals surface area contributed by atoms with Crippen LogP contribution in [0.15, 0.2) is 48.7 Å². The molecule has 1 amide bonds. The molecule has 0 fully saturated rings. The first-order chi connectivity index (χ1) is 16.8. The number of nitrogens with one attached hydrogen (secondary N) is 1. The first-order valence-electron chi connectivity index (χ1n) is 11.4. The molecule has 0 aliphatic rings. The molecule has 2 aromatic rings. The molecule has 0 aliphatic carbocycles. The predicted molar refractivity (Wildman–Crippen MR) is 125 cm³/mol. The van der Waals surface area contributed by atoms with Gasteiger partial charge in [-0.3, -0.25) is 24.2 Å². The van der Waals surface area contributed by atoms with Crippen LogP contribution >= 0.6 is 0 Å². The molecule has 1 aromatic heterocycles. The second kappa shape index (κ2) is 12.4. The zero-order valence-corrected chi connectivity index (χ0v) is 20.5. The number of methoxy groups -OCH3 is 1. The van der Waals surface area contributed by atoms with Gasteiger partial charge in [-0.05, 0) is 35.7 Å². The first-order valence-corrected chi connectivity index (χ1v) is 11.4. The van der Waals surface area contributed by atoms with E-state index >= 15 is 0 Å². The highest BCUT2D eigenvalue weighted by Crippen LogP contribution is 2.30. The Morgan fingerprint density at radius 1 is 0.972 bits per heavy atom. The van der Waals surface area contributed by atoms with E-state index in [0.29, 0.717) is 11.3 Å². The lowest BCUT2D eigenvalue weighted by atomic mass is 9.84. The number of benzene rings is 1. The summed E-state index contributed by atoms with van der Waals surface area (Å²) in [5.41, 5.74) is 0.490. The van der Waals surface area contributed by atoms with Crippen LogP contribution in [0.2, 0.25) is 0 Å². The van der Waals surface area contributed by atoms with Gasteiger partial charge >= 0.3 is 6.18 Å². The van der Waals surface area contributed by atoms with Crippen molar-refractivity contribution in [2.24, 2.45) is 17.8 Å². The van der Waals surface area contributed by atoms with Crippen LogP contribution < -0.4 is 10.1 Å². The van der Waals surface area contributed by atoms with Crippen molar-refractivity contribution in [1.82, 2.24) is 10.3 Å². The number of ketones is 3. The number of hydrogen-bond donors (Lipinski definition) is 1. The molecule has 1 N–H and O–H groups in total. The summed E-state index contributed by atoms with van der Waals surface area (Å²) in [6.45, 7) is 4.34. The van der Waals surface area contributed by atoms with Crippen LogP contribution in [0.25, 0.3) is 0 Å². The van der Waals surface area contributed by atoms with Crippen LogP contribution in [0.3, 0.4) is 0 Å². The molecule has 194 valence electrons. The van der Waals surface area contributed by atoms with Gasteiger partial charge in [0.05, 0.1) is 7.11 Å². The van der Waals surface area contributed by atoms with E-state index in [0.717, 1.165) is 0 Å². The van der Waals surface area contributed by atoms with Crippen LogP contribution in [0.4, 0.5) is 13.2 Å². The quantitative estimate of drug-likeness (QED) is 0.425. The number of nitrogens with zero attached hydrogens (tertiary/aromatic N) is 1. The second-order valence-corrected chi connectivity index (χ2v) is 8.84. The standard InChI is InChI=1S/C26H29F3N2O5/c1-15(2)19(24(34)26(27,28)29)14-22(33)23(17-8-10-18(36-4)11-9-17)31-25(35)16(3)13-21(32)20-7-5-6-12-30-20/h5-12,15-16,19,23H,13-14H2,1-4H3,(H,31,35)/t16-,19+,23+/m1/s1. The Morgan fingerprint density at radius 2 is 1.61 bits per heavy atom. The van der Waals surface area contributed by atoms with Crippen LogP contribution in [-0.4, -0.2) is 41.5 Å². The maximum Gasteiger partial charge on any atom is 0.450 e. The summed E-state index contributed by atoms with van der Waals surface area (Å²) in [4.78, 5) is 54.5. The average molecular weight is 507 g/mol. The molecule has 0 saturated heterocycles. The third-order valence-electron chi connectivity index (χ3n) is 5.79. The molecule has 0 unspecified atom stereocenters. The van der Waals surface area contributed by atoms with Crippen molar-refractivity contribution in [2.45, 2.75) is 45.8 Å². The van der Waals surface area contributed by atoms with Crippen molar-refractivity contribution in [3.05, 3.63) is 59.9 Å². The van der Waals surface area contributed by atoms with Crippen LogP contribution in [-0.2, 0) is 14.4 Å². The number of amides is 1. The normalized spacial score (nSPS) is 14.0. The van der Waals surface area contributed by atoms with Gasteiger partial charge in [0, 0.05) is 30.9 Å². The largest absolute Gasteiger partial charge is 0.497 e. The number of aromatic nitrogens is 1. The average Bonchev–Trinajstić information content (AvgIpc) is 2.84. The lowest BCUT2D eigenvalue weighted by Gasteiger charge is -2.25. The fourth-order valence-corrected chi connectivity index (χ4v) is 3.61. The Labute approximate surface area is 207 Å². The Morgan fingerprint density at radius 3 is 2.11 bits per heavy atom. The summed E-state index contributed by atoms with van der Waals surface area (Å²) in [6, 6.07) is 9.55. The number of halogens is 3. The highest BCUT2D eigenvalue weighted by molar-refractivity contribution is 5.98. The summed E-state index contributed by atoms with van der Waals surface area (Å²) in [5.74, 6) is -6.50. The zero-order valence-electron chi connectivity index (χ0n) is 20.5. The Bertz CT molecular complexity index is 1070. The van der Waals surface area contributed by atoms with Gasteiger partial charge in [-0.1, -0.05) is 39.0 Å². The zero-order chi connectivity index (χ0) is 27.0. The van der Waals surface area contributed by atoms with Gasteiger partial charge in [0.2, 0.25) is 11.7 Å². The van der Waals surface area contributed by atoms with Gasteiger partial charge in [0.25, 0.3) is 0 Å². The SMILES string of the molecule is COc1ccc([C@H](NC(=O)[C@H](C)CC(=O)c2ccccn2)C(=O)C[C@H](C(=O)C(F)(F)F)C(C)C)cc1. The summed E-state index contributed by atoms with van der Waals surface area (Å²) in [6.07, 6.45) is -4.54. The van der Waals surface area contributed by atoms with Crippen molar-refractivity contribution >= 4 is 23.3 Å². The third kappa shape index (κ3) is 7.73. The van der Waals surface area contributed by atoms with Crippen molar-refractivity contribution in [1.29, 1.82) is 0 Å². The molecule has 0 radical (unpaired) electrons. The molecule has 36 heavy (non-hydrogen) atoms. The van der Waals surface area contributed by atoms with Crippen LogP contribution in [0.1, 0.15) is 55.7 Å². The number of hydrogen-bond acceptors (Lipinski definition) is 6. The highest BCUT2D eigenvalue weighted by atomic mass is 19.4. The van der Waals surface area contributed by atoms with E-state index in [1.165, 1.54) is 64.4 Å². The summed E-state index contributed by atoms with van der Waals surface area (Å²) >= 11 is 0. The number of alkyl halides is 3. The Hall–Kier alpha value is -3.56. The fourth-order valence-electron chi connectivity index (χ4n) is 3.61. The molecule has 1 heterocycles. The molecule has 0 bridgehead atoms. The number of carbonyl (C=O) groups is 4. The number of rotatable bonds is 12. The van der Waals surface area contributed by atoms with E-state index in [1.54, 1.807) is 12.1 Å². The van der Waals surface area contributed by atoms with Gasteiger partial charge in [-0.25, -0.2) is 0 Å². The molecule has 3 atom stereocenters. The van der Waals surface area contributed by atoms with E-state index in [9.17, 15) is 32.3 Å².